The van der Waals surface area contributed by atoms with Gasteiger partial charge in [-0.1, -0.05) is 30.3 Å². The molecule has 2 aromatic heterocycles. The highest BCUT2D eigenvalue weighted by atomic mass is 19.4. The second kappa shape index (κ2) is 8.66. The molecule has 1 atom stereocenters. The predicted molar refractivity (Wildman–Crippen MR) is 118 cm³/mol. The molecule has 0 fully saturated rings. The fraction of sp³-hybridized carbons (Fsp3) is 0.125. The van der Waals surface area contributed by atoms with Crippen LogP contribution in [0.5, 0.6) is 0 Å². The molecule has 4 rings (SSSR count). The number of nitrogens with zero attached hydrogens (tertiary/aromatic N) is 2. The summed E-state index contributed by atoms with van der Waals surface area (Å²) in [4.78, 5) is 20.5. The number of hydrogen-bond acceptors (Lipinski definition) is 4. The Hall–Kier alpha value is -3.94. The number of anilines is 3. The van der Waals surface area contributed by atoms with Crippen LogP contribution in [0.1, 0.15) is 24.1 Å². The zero-order chi connectivity index (χ0) is 22.7. The van der Waals surface area contributed by atoms with Gasteiger partial charge < -0.3 is 10.6 Å². The third-order valence-electron chi connectivity index (χ3n) is 5.03. The highest BCUT2D eigenvalue weighted by Crippen LogP contribution is 2.30. The molecule has 4 aromatic rings. The van der Waals surface area contributed by atoms with Crippen molar-refractivity contribution in [2.75, 3.05) is 10.6 Å². The summed E-state index contributed by atoms with van der Waals surface area (Å²) in [7, 11) is 0. The molecule has 2 N–H and O–H groups in total. The maximum absolute atomic E-state index is 12.8. The van der Waals surface area contributed by atoms with Gasteiger partial charge in [-0.15, -0.1) is 0 Å². The molecule has 0 spiro atoms. The molecular formula is C24H19F3N4O. The Morgan fingerprint density at radius 1 is 0.906 bits per heavy atom. The number of amides is 1. The van der Waals surface area contributed by atoms with Crippen molar-refractivity contribution < 1.29 is 18.0 Å². The van der Waals surface area contributed by atoms with Gasteiger partial charge in [0.25, 0.3) is 0 Å². The summed E-state index contributed by atoms with van der Waals surface area (Å²) < 4.78 is 38.5. The number of fused-ring (bicyclic) bond motifs is 1. The number of nitrogens with one attached hydrogen (secondary N) is 2. The van der Waals surface area contributed by atoms with Crippen LogP contribution in [0.2, 0.25) is 0 Å². The van der Waals surface area contributed by atoms with Crippen LogP contribution in [-0.4, -0.2) is 15.9 Å². The van der Waals surface area contributed by atoms with E-state index in [0.29, 0.717) is 16.9 Å². The molecule has 0 aliphatic rings. The van der Waals surface area contributed by atoms with E-state index in [1.54, 1.807) is 43.5 Å². The Labute approximate surface area is 182 Å². The molecule has 32 heavy (non-hydrogen) atoms. The average molecular weight is 436 g/mol. The van der Waals surface area contributed by atoms with Gasteiger partial charge in [0, 0.05) is 29.2 Å². The Morgan fingerprint density at radius 3 is 2.41 bits per heavy atom. The maximum atomic E-state index is 12.8. The summed E-state index contributed by atoms with van der Waals surface area (Å²) in [6.45, 7) is 1.79. The quantitative estimate of drug-likeness (QED) is 0.395. The van der Waals surface area contributed by atoms with E-state index < -0.39 is 17.8 Å². The number of carbonyl (C=O) groups is 1. The smallest absolute Gasteiger partial charge is 0.355 e. The fourth-order valence-corrected chi connectivity index (χ4v) is 3.28. The Balaban J connectivity index is 1.46. The van der Waals surface area contributed by atoms with Gasteiger partial charge in [-0.3, -0.25) is 14.8 Å². The first kappa shape index (κ1) is 21.3. The van der Waals surface area contributed by atoms with Gasteiger partial charge in [-0.25, -0.2) is 0 Å². The summed E-state index contributed by atoms with van der Waals surface area (Å²) in [5.74, 6) is -0.631. The van der Waals surface area contributed by atoms with Crippen LogP contribution in [0.4, 0.5) is 30.2 Å². The number of para-hydroxylation sites is 1. The van der Waals surface area contributed by atoms with E-state index in [1.807, 2.05) is 24.3 Å². The largest absolute Gasteiger partial charge is 0.433 e. The minimum absolute atomic E-state index is 0.187. The molecule has 5 nitrogen and oxygen atoms in total. The molecule has 0 bridgehead atoms. The monoisotopic (exact) mass is 436 g/mol. The zero-order valence-electron chi connectivity index (χ0n) is 17.0. The summed E-state index contributed by atoms with van der Waals surface area (Å²) in [5.41, 5.74) is 2.02. The number of pyridine rings is 2. The van der Waals surface area contributed by atoms with Crippen LogP contribution >= 0.6 is 0 Å². The molecule has 0 aliphatic heterocycles. The lowest BCUT2D eigenvalue weighted by molar-refractivity contribution is -0.141. The molecule has 1 amide bonds. The SMILES string of the molecule is CC(C(=O)Nc1cccc2cccnc12)c1ccc(Nc2ccnc(C(F)(F)F)c2)cc1. The first-order valence-corrected chi connectivity index (χ1v) is 9.86. The number of halogens is 3. The van der Waals surface area contributed by atoms with Crippen molar-refractivity contribution in [2.24, 2.45) is 0 Å². The highest BCUT2D eigenvalue weighted by molar-refractivity contribution is 6.02. The second-order valence-corrected chi connectivity index (χ2v) is 7.27. The molecule has 0 radical (unpaired) electrons. The van der Waals surface area contributed by atoms with Gasteiger partial charge in [0.1, 0.15) is 5.69 Å². The van der Waals surface area contributed by atoms with Gasteiger partial charge in [0.15, 0.2) is 0 Å². The van der Waals surface area contributed by atoms with Crippen LogP contribution in [-0.2, 0) is 11.0 Å². The number of hydrogen-bond donors (Lipinski definition) is 2. The van der Waals surface area contributed by atoms with Crippen LogP contribution in [0.15, 0.2) is 79.1 Å². The van der Waals surface area contributed by atoms with Gasteiger partial charge >= 0.3 is 6.18 Å². The Bertz CT molecular complexity index is 1250. The number of carbonyl (C=O) groups excluding carboxylic acids is 1. The molecule has 0 saturated heterocycles. The number of aromatic nitrogens is 2. The van der Waals surface area contributed by atoms with E-state index in [-0.39, 0.29) is 11.6 Å². The van der Waals surface area contributed by atoms with Crippen molar-refractivity contribution in [1.29, 1.82) is 0 Å². The summed E-state index contributed by atoms with van der Waals surface area (Å²) in [6, 6.07) is 18.7. The van der Waals surface area contributed by atoms with Gasteiger partial charge in [-0.2, -0.15) is 13.2 Å². The lowest BCUT2D eigenvalue weighted by atomic mass is 9.99. The van der Waals surface area contributed by atoms with Crippen molar-refractivity contribution in [2.45, 2.75) is 19.0 Å². The average Bonchev–Trinajstić information content (AvgIpc) is 2.79. The van der Waals surface area contributed by atoms with Crippen molar-refractivity contribution in [3.8, 4) is 0 Å². The lowest BCUT2D eigenvalue weighted by Gasteiger charge is -2.15. The molecule has 2 aromatic carbocycles. The number of benzene rings is 2. The van der Waals surface area contributed by atoms with E-state index in [0.717, 1.165) is 23.2 Å². The lowest BCUT2D eigenvalue weighted by Crippen LogP contribution is -2.19. The summed E-state index contributed by atoms with van der Waals surface area (Å²) >= 11 is 0. The predicted octanol–water partition coefficient (Wildman–Crippen LogP) is 6.13. The molecule has 0 saturated carbocycles. The van der Waals surface area contributed by atoms with Crippen LogP contribution < -0.4 is 10.6 Å². The first-order chi connectivity index (χ1) is 15.3. The second-order valence-electron chi connectivity index (χ2n) is 7.27. The van der Waals surface area contributed by atoms with E-state index in [9.17, 15) is 18.0 Å². The topological polar surface area (TPSA) is 66.9 Å². The number of alkyl halides is 3. The van der Waals surface area contributed by atoms with Crippen molar-refractivity contribution >= 4 is 33.9 Å². The van der Waals surface area contributed by atoms with Crippen molar-refractivity contribution in [1.82, 2.24) is 9.97 Å². The molecular weight excluding hydrogens is 417 g/mol. The minimum Gasteiger partial charge on any atom is -0.355 e. The van der Waals surface area contributed by atoms with Crippen LogP contribution in [0, 0.1) is 0 Å². The minimum atomic E-state index is -4.51. The first-order valence-electron chi connectivity index (χ1n) is 9.86. The van der Waals surface area contributed by atoms with Gasteiger partial charge in [0.2, 0.25) is 5.91 Å². The standard InChI is InChI=1S/C24H19F3N4O/c1-15(23(32)31-20-6-2-4-17-5-3-12-29-22(17)20)16-7-9-18(10-8-16)30-19-11-13-28-21(14-19)24(25,26)27/h2-15H,1H3,(H,28,30)(H,31,32). The zero-order valence-corrected chi connectivity index (χ0v) is 17.0. The van der Waals surface area contributed by atoms with Crippen LogP contribution in [0.25, 0.3) is 10.9 Å². The fourth-order valence-electron chi connectivity index (χ4n) is 3.28. The summed E-state index contributed by atoms with van der Waals surface area (Å²) in [6.07, 6.45) is -1.73. The summed E-state index contributed by atoms with van der Waals surface area (Å²) in [5, 5.41) is 6.78. The molecule has 8 heteroatoms. The molecule has 162 valence electrons. The van der Waals surface area contributed by atoms with Crippen molar-refractivity contribution in [3.63, 3.8) is 0 Å². The molecule has 1 unspecified atom stereocenters. The third kappa shape index (κ3) is 4.69. The van der Waals surface area contributed by atoms with E-state index in [1.165, 1.54) is 6.07 Å². The highest BCUT2D eigenvalue weighted by Gasteiger charge is 2.32. The van der Waals surface area contributed by atoms with Gasteiger partial charge in [-0.05, 0) is 48.9 Å². The van der Waals surface area contributed by atoms with Gasteiger partial charge in [0.05, 0.1) is 17.1 Å². The number of rotatable bonds is 5. The van der Waals surface area contributed by atoms with E-state index in [4.69, 9.17) is 0 Å². The Kier molecular flexibility index (Phi) is 5.77. The maximum Gasteiger partial charge on any atom is 0.433 e. The van der Waals surface area contributed by atoms with E-state index in [2.05, 4.69) is 20.6 Å². The Morgan fingerprint density at radius 2 is 1.66 bits per heavy atom. The van der Waals surface area contributed by atoms with Crippen LogP contribution in [0.3, 0.4) is 0 Å². The normalized spacial score (nSPS) is 12.4. The molecule has 2 heterocycles. The van der Waals surface area contributed by atoms with E-state index >= 15 is 0 Å². The third-order valence-corrected chi connectivity index (χ3v) is 5.03. The van der Waals surface area contributed by atoms with Crippen molar-refractivity contribution in [3.05, 3.63) is 90.4 Å². The molecule has 0 aliphatic carbocycles.